The normalized spacial score (nSPS) is 17.1. The standard InChI is InChI=1S/C12H12BrFO2/c13-11-5-8(14)3-4-9(11)10(6-12(15)16)7-1-2-7/h3-5,7,10H,1-2,6H2,(H,15,16). The molecule has 0 saturated heterocycles. The number of carboxylic acid groups (broad SMARTS) is 1. The Hall–Kier alpha value is -0.900. The summed E-state index contributed by atoms with van der Waals surface area (Å²) >= 11 is 3.30. The number of rotatable bonds is 4. The SMILES string of the molecule is O=C(O)CC(c1ccc(F)cc1Br)C1CC1. The minimum Gasteiger partial charge on any atom is -0.481 e. The predicted octanol–water partition coefficient (Wildman–Crippen LogP) is 3.56. The zero-order valence-corrected chi connectivity index (χ0v) is 10.2. The highest BCUT2D eigenvalue weighted by atomic mass is 79.9. The Labute approximate surface area is 102 Å². The van der Waals surface area contributed by atoms with E-state index < -0.39 is 5.97 Å². The second kappa shape index (κ2) is 4.53. The maximum absolute atomic E-state index is 12.9. The molecule has 0 amide bonds. The van der Waals surface area contributed by atoms with Crippen LogP contribution in [-0.2, 0) is 4.79 Å². The van der Waals surface area contributed by atoms with E-state index in [4.69, 9.17) is 5.11 Å². The summed E-state index contributed by atoms with van der Waals surface area (Å²) in [7, 11) is 0. The molecule has 1 N–H and O–H groups in total. The lowest BCUT2D eigenvalue weighted by molar-refractivity contribution is -0.137. The maximum Gasteiger partial charge on any atom is 0.303 e. The number of aliphatic carboxylic acids is 1. The molecular formula is C12H12BrFO2. The Bertz CT molecular complexity index is 415. The topological polar surface area (TPSA) is 37.3 Å². The van der Waals surface area contributed by atoms with Crippen LogP contribution in [0.15, 0.2) is 22.7 Å². The minimum absolute atomic E-state index is 0.00692. The molecule has 1 saturated carbocycles. The first-order valence-corrected chi connectivity index (χ1v) is 6.04. The number of benzene rings is 1. The molecule has 1 atom stereocenters. The summed E-state index contributed by atoms with van der Waals surface area (Å²) in [6.07, 6.45) is 2.26. The van der Waals surface area contributed by atoms with Crippen molar-refractivity contribution >= 4 is 21.9 Å². The van der Waals surface area contributed by atoms with Gasteiger partial charge in [-0.2, -0.15) is 0 Å². The second-order valence-corrected chi connectivity index (χ2v) is 5.06. The lowest BCUT2D eigenvalue weighted by atomic mass is 9.91. The van der Waals surface area contributed by atoms with Crippen LogP contribution in [0.1, 0.15) is 30.7 Å². The molecule has 0 heterocycles. The molecule has 0 bridgehead atoms. The monoisotopic (exact) mass is 286 g/mol. The Balaban J connectivity index is 2.27. The number of hydrogen-bond donors (Lipinski definition) is 1. The van der Waals surface area contributed by atoms with Crippen molar-refractivity contribution in [3.63, 3.8) is 0 Å². The van der Waals surface area contributed by atoms with Crippen LogP contribution < -0.4 is 0 Å². The fourth-order valence-corrected chi connectivity index (χ4v) is 2.66. The maximum atomic E-state index is 12.9. The Morgan fingerprint density at radius 2 is 2.25 bits per heavy atom. The van der Waals surface area contributed by atoms with Gasteiger partial charge >= 0.3 is 5.97 Å². The van der Waals surface area contributed by atoms with Crippen molar-refractivity contribution in [2.24, 2.45) is 5.92 Å². The number of halogens is 2. The zero-order valence-electron chi connectivity index (χ0n) is 8.62. The highest BCUT2D eigenvalue weighted by Gasteiger charge is 2.34. The zero-order chi connectivity index (χ0) is 11.7. The minimum atomic E-state index is -0.798. The molecule has 2 rings (SSSR count). The molecule has 86 valence electrons. The molecule has 1 unspecified atom stereocenters. The third-order valence-corrected chi connectivity index (χ3v) is 3.63. The van der Waals surface area contributed by atoms with Gasteiger partial charge in [-0.3, -0.25) is 4.79 Å². The van der Waals surface area contributed by atoms with Crippen molar-refractivity contribution in [2.45, 2.75) is 25.2 Å². The summed E-state index contributed by atoms with van der Waals surface area (Å²) in [5, 5.41) is 8.88. The van der Waals surface area contributed by atoms with Gasteiger partial charge in [-0.25, -0.2) is 4.39 Å². The second-order valence-electron chi connectivity index (χ2n) is 4.21. The molecule has 1 aliphatic rings. The van der Waals surface area contributed by atoms with E-state index in [-0.39, 0.29) is 18.2 Å². The van der Waals surface area contributed by atoms with Gasteiger partial charge in [-0.1, -0.05) is 22.0 Å². The Morgan fingerprint density at radius 3 is 2.75 bits per heavy atom. The number of carbonyl (C=O) groups is 1. The van der Waals surface area contributed by atoms with Crippen LogP contribution in [0.3, 0.4) is 0 Å². The average molecular weight is 287 g/mol. The van der Waals surface area contributed by atoms with E-state index in [0.717, 1.165) is 18.4 Å². The first-order chi connectivity index (χ1) is 7.58. The third-order valence-electron chi connectivity index (χ3n) is 2.95. The van der Waals surface area contributed by atoms with E-state index in [1.165, 1.54) is 12.1 Å². The van der Waals surface area contributed by atoms with Crippen molar-refractivity contribution in [3.05, 3.63) is 34.1 Å². The van der Waals surface area contributed by atoms with E-state index in [9.17, 15) is 9.18 Å². The van der Waals surface area contributed by atoms with Gasteiger partial charge in [-0.05, 0) is 42.4 Å². The van der Waals surface area contributed by atoms with E-state index in [0.29, 0.717) is 10.4 Å². The average Bonchev–Trinajstić information content (AvgIpc) is 2.97. The molecule has 0 aliphatic heterocycles. The van der Waals surface area contributed by atoms with Crippen molar-refractivity contribution < 1.29 is 14.3 Å². The van der Waals surface area contributed by atoms with Gasteiger partial charge in [0.05, 0.1) is 6.42 Å². The molecule has 1 aromatic rings. The molecule has 0 radical (unpaired) electrons. The highest BCUT2D eigenvalue weighted by molar-refractivity contribution is 9.10. The first kappa shape index (κ1) is 11.6. The third kappa shape index (κ3) is 2.61. The number of hydrogen-bond acceptors (Lipinski definition) is 1. The van der Waals surface area contributed by atoms with Crippen LogP contribution in [0, 0.1) is 11.7 Å². The van der Waals surface area contributed by atoms with Gasteiger partial charge in [0.15, 0.2) is 0 Å². The molecule has 16 heavy (non-hydrogen) atoms. The van der Waals surface area contributed by atoms with Gasteiger partial charge in [0.25, 0.3) is 0 Å². The molecule has 1 aliphatic carbocycles. The van der Waals surface area contributed by atoms with Gasteiger partial charge < -0.3 is 5.11 Å². The summed E-state index contributed by atoms with van der Waals surface area (Å²) in [6, 6.07) is 4.47. The Morgan fingerprint density at radius 1 is 1.56 bits per heavy atom. The first-order valence-electron chi connectivity index (χ1n) is 5.24. The Kier molecular flexibility index (Phi) is 3.28. The summed E-state index contributed by atoms with van der Waals surface area (Å²) < 4.78 is 13.6. The molecule has 1 aromatic carbocycles. The van der Waals surface area contributed by atoms with Crippen molar-refractivity contribution in [1.82, 2.24) is 0 Å². The van der Waals surface area contributed by atoms with Crippen LogP contribution in [0.2, 0.25) is 0 Å². The van der Waals surface area contributed by atoms with Crippen LogP contribution in [-0.4, -0.2) is 11.1 Å². The molecular weight excluding hydrogens is 275 g/mol. The lowest BCUT2D eigenvalue weighted by Gasteiger charge is -2.16. The van der Waals surface area contributed by atoms with Gasteiger partial charge in [0.2, 0.25) is 0 Å². The highest BCUT2D eigenvalue weighted by Crippen LogP contribution is 2.46. The van der Waals surface area contributed by atoms with E-state index in [1.54, 1.807) is 6.07 Å². The largest absolute Gasteiger partial charge is 0.481 e. The number of carboxylic acids is 1. The fourth-order valence-electron chi connectivity index (χ4n) is 2.02. The predicted molar refractivity (Wildman–Crippen MR) is 61.8 cm³/mol. The van der Waals surface area contributed by atoms with Crippen molar-refractivity contribution in [1.29, 1.82) is 0 Å². The molecule has 2 nitrogen and oxygen atoms in total. The van der Waals surface area contributed by atoms with Gasteiger partial charge in [0.1, 0.15) is 5.82 Å². The lowest BCUT2D eigenvalue weighted by Crippen LogP contribution is -2.09. The molecule has 4 heteroatoms. The van der Waals surface area contributed by atoms with E-state index in [1.807, 2.05) is 0 Å². The molecule has 1 fully saturated rings. The van der Waals surface area contributed by atoms with Crippen LogP contribution in [0.4, 0.5) is 4.39 Å². The summed E-state index contributed by atoms with van der Waals surface area (Å²) in [5.74, 6) is -0.654. The van der Waals surface area contributed by atoms with Crippen molar-refractivity contribution in [2.75, 3.05) is 0 Å². The smallest absolute Gasteiger partial charge is 0.303 e. The quantitative estimate of drug-likeness (QED) is 0.919. The van der Waals surface area contributed by atoms with E-state index >= 15 is 0 Å². The van der Waals surface area contributed by atoms with Crippen LogP contribution >= 0.6 is 15.9 Å². The fraction of sp³-hybridized carbons (Fsp3) is 0.417. The van der Waals surface area contributed by atoms with Crippen LogP contribution in [0.5, 0.6) is 0 Å². The van der Waals surface area contributed by atoms with E-state index in [2.05, 4.69) is 15.9 Å². The summed E-state index contributed by atoms with van der Waals surface area (Å²) in [6.45, 7) is 0. The summed E-state index contributed by atoms with van der Waals surface area (Å²) in [4.78, 5) is 10.8. The summed E-state index contributed by atoms with van der Waals surface area (Å²) in [5.41, 5.74) is 0.909. The van der Waals surface area contributed by atoms with Crippen LogP contribution in [0.25, 0.3) is 0 Å². The molecule has 0 aromatic heterocycles. The van der Waals surface area contributed by atoms with Gasteiger partial charge in [0, 0.05) is 4.47 Å². The molecule has 0 spiro atoms. The van der Waals surface area contributed by atoms with Gasteiger partial charge in [-0.15, -0.1) is 0 Å². The van der Waals surface area contributed by atoms with Crippen molar-refractivity contribution in [3.8, 4) is 0 Å².